The van der Waals surface area contributed by atoms with E-state index in [1.54, 1.807) is 11.3 Å². The number of piperidine rings is 1. The molecule has 1 aromatic heterocycles. The minimum Gasteiger partial charge on any atom is -0.481 e. The summed E-state index contributed by atoms with van der Waals surface area (Å²) in [6.07, 6.45) is 3.34. The van der Waals surface area contributed by atoms with Crippen molar-refractivity contribution in [2.75, 3.05) is 18.0 Å². The molecule has 2 heterocycles. The SMILES string of the molecule is CCCC1(C(=O)O)CCCN(c2nc(Br)cs2)C1. The molecule has 0 radical (unpaired) electrons. The van der Waals surface area contributed by atoms with Gasteiger partial charge in [0.1, 0.15) is 4.60 Å². The first kappa shape index (κ1) is 13.8. The number of aliphatic carboxylic acids is 1. The number of nitrogens with zero attached hydrogens (tertiary/aromatic N) is 2. The van der Waals surface area contributed by atoms with Gasteiger partial charge in [-0.05, 0) is 35.2 Å². The maximum atomic E-state index is 11.6. The monoisotopic (exact) mass is 332 g/mol. The van der Waals surface area contributed by atoms with E-state index in [2.05, 4.69) is 25.8 Å². The lowest BCUT2D eigenvalue weighted by Crippen LogP contribution is -2.48. The van der Waals surface area contributed by atoms with Gasteiger partial charge in [0.25, 0.3) is 0 Å². The molecule has 1 unspecified atom stereocenters. The van der Waals surface area contributed by atoms with Crippen LogP contribution in [-0.4, -0.2) is 29.1 Å². The van der Waals surface area contributed by atoms with Crippen LogP contribution in [0.5, 0.6) is 0 Å². The van der Waals surface area contributed by atoms with Crippen LogP contribution in [0, 0.1) is 5.41 Å². The number of carbonyl (C=O) groups is 1. The second-order valence-electron chi connectivity index (χ2n) is 4.81. The lowest BCUT2D eigenvalue weighted by Gasteiger charge is -2.39. The number of rotatable bonds is 4. The highest BCUT2D eigenvalue weighted by molar-refractivity contribution is 9.10. The summed E-state index contributed by atoms with van der Waals surface area (Å²) < 4.78 is 0.824. The summed E-state index contributed by atoms with van der Waals surface area (Å²) in [7, 11) is 0. The molecule has 1 N–H and O–H groups in total. The van der Waals surface area contributed by atoms with Crippen LogP contribution in [0.2, 0.25) is 0 Å². The first-order valence-corrected chi connectivity index (χ1v) is 7.84. The minimum atomic E-state index is -0.662. The van der Waals surface area contributed by atoms with Gasteiger partial charge in [-0.2, -0.15) is 0 Å². The van der Waals surface area contributed by atoms with E-state index in [1.165, 1.54) is 0 Å². The smallest absolute Gasteiger partial charge is 0.311 e. The number of aromatic nitrogens is 1. The fourth-order valence-electron chi connectivity index (χ4n) is 2.65. The van der Waals surface area contributed by atoms with E-state index >= 15 is 0 Å². The first-order chi connectivity index (χ1) is 8.57. The Kier molecular flexibility index (Phi) is 4.27. The number of anilines is 1. The van der Waals surface area contributed by atoms with Gasteiger partial charge in [-0.25, -0.2) is 4.98 Å². The number of carboxylic acids is 1. The quantitative estimate of drug-likeness (QED) is 0.918. The normalized spacial score (nSPS) is 24.2. The molecule has 1 aromatic rings. The lowest BCUT2D eigenvalue weighted by atomic mass is 9.76. The molecule has 2 rings (SSSR count). The van der Waals surface area contributed by atoms with Crippen molar-refractivity contribution < 1.29 is 9.90 Å². The van der Waals surface area contributed by atoms with Crippen molar-refractivity contribution in [1.29, 1.82) is 0 Å². The van der Waals surface area contributed by atoms with Crippen LogP contribution in [0.25, 0.3) is 0 Å². The zero-order valence-electron chi connectivity index (χ0n) is 10.4. The molecule has 4 nitrogen and oxygen atoms in total. The molecule has 1 aliphatic rings. The van der Waals surface area contributed by atoms with Gasteiger partial charge in [-0.15, -0.1) is 11.3 Å². The van der Waals surface area contributed by atoms with Gasteiger partial charge in [-0.3, -0.25) is 4.79 Å². The number of halogens is 1. The van der Waals surface area contributed by atoms with Crippen molar-refractivity contribution in [2.24, 2.45) is 5.41 Å². The molecular formula is C12H17BrN2O2S. The highest BCUT2D eigenvalue weighted by Gasteiger charge is 2.42. The van der Waals surface area contributed by atoms with Crippen LogP contribution in [0.3, 0.4) is 0 Å². The third kappa shape index (κ3) is 2.69. The number of hydrogen-bond acceptors (Lipinski definition) is 4. The average molecular weight is 333 g/mol. The lowest BCUT2D eigenvalue weighted by molar-refractivity contribution is -0.150. The molecule has 1 saturated heterocycles. The molecule has 0 saturated carbocycles. The molecule has 1 atom stereocenters. The van der Waals surface area contributed by atoms with E-state index in [1.807, 2.05) is 12.3 Å². The Morgan fingerprint density at radius 1 is 1.72 bits per heavy atom. The third-order valence-corrected chi connectivity index (χ3v) is 5.10. The summed E-state index contributed by atoms with van der Waals surface area (Å²) in [6.45, 7) is 3.53. The summed E-state index contributed by atoms with van der Waals surface area (Å²) in [4.78, 5) is 18.1. The van der Waals surface area contributed by atoms with Gasteiger partial charge in [-0.1, -0.05) is 13.3 Å². The van der Waals surface area contributed by atoms with Crippen molar-refractivity contribution in [3.63, 3.8) is 0 Å². The fraction of sp³-hybridized carbons (Fsp3) is 0.667. The summed E-state index contributed by atoms with van der Waals surface area (Å²) in [5.74, 6) is -0.662. The Morgan fingerprint density at radius 3 is 3.06 bits per heavy atom. The molecular weight excluding hydrogens is 316 g/mol. The van der Waals surface area contributed by atoms with Gasteiger partial charge < -0.3 is 10.0 Å². The molecule has 0 spiro atoms. The van der Waals surface area contributed by atoms with Crippen molar-refractivity contribution in [1.82, 2.24) is 4.98 Å². The Balaban J connectivity index is 2.18. The highest BCUT2D eigenvalue weighted by Crippen LogP contribution is 2.38. The minimum absolute atomic E-state index is 0.579. The second kappa shape index (κ2) is 5.57. The van der Waals surface area contributed by atoms with Crippen LogP contribution >= 0.6 is 27.3 Å². The fourth-order valence-corrected chi connectivity index (χ4v) is 3.93. The van der Waals surface area contributed by atoms with E-state index in [0.29, 0.717) is 6.54 Å². The van der Waals surface area contributed by atoms with Crippen LogP contribution < -0.4 is 4.90 Å². The van der Waals surface area contributed by atoms with Crippen LogP contribution in [0.1, 0.15) is 32.6 Å². The zero-order chi connectivity index (χ0) is 13.2. The van der Waals surface area contributed by atoms with Gasteiger partial charge in [0.15, 0.2) is 5.13 Å². The standard InChI is InChI=1S/C12H17BrN2O2S/c1-2-4-12(10(16)17)5-3-6-15(8-12)11-14-9(13)7-18-11/h7H,2-6,8H2,1H3,(H,16,17). The van der Waals surface area contributed by atoms with Crippen molar-refractivity contribution in [3.8, 4) is 0 Å². The molecule has 0 amide bonds. The molecule has 6 heteroatoms. The molecule has 0 bridgehead atoms. The van der Waals surface area contributed by atoms with Crippen LogP contribution in [-0.2, 0) is 4.79 Å². The Bertz CT molecular complexity index is 433. The van der Waals surface area contributed by atoms with E-state index < -0.39 is 11.4 Å². The van der Waals surface area contributed by atoms with Crippen molar-refractivity contribution in [3.05, 3.63) is 9.98 Å². The maximum Gasteiger partial charge on any atom is 0.311 e. The van der Waals surface area contributed by atoms with Gasteiger partial charge in [0.2, 0.25) is 0 Å². The summed E-state index contributed by atoms with van der Waals surface area (Å²) in [5, 5.41) is 12.4. The van der Waals surface area contributed by atoms with E-state index in [9.17, 15) is 9.90 Å². The molecule has 0 aliphatic carbocycles. The molecule has 18 heavy (non-hydrogen) atoms. The molecule has 1 aliphatic heterocycles. The molecule has 100 valence electrons. The summed E-state index contributed by atoms with van der Waals surface area (Å²) >= 11 is 4.90. The average Bonchev–Trinajstić information content (AvgIpc) is 2.76. The van der Waals surface area contributed by atoms with E-state index in [0.717, 1.165) is 42.0 Å². The Labute approximate surface area is 119 Å². The Hall–Kier alpha value is -0.620. The zero-order valence-corrected chi connectivity index (χ0v) is 12.8. The number of carboxylic acid groups (broad SMARTS) is 1. The Morgan fingerprint density at radius 2 is 2.50 bits per heavy atom. The predicted octanol–water partition coefficient (Wildman–Crippen LogP) is 3.38. The summed E-state index contributed by atoms with van der Waals surface area (Å²) in [5.41, 5.74) is -0.592. The summed E-state index contributed by atoms with van der Waals surface area (Å²) in [6, 6.07) is 0. The second-order valence-corrected chi connectivity index (χ2v) is 6.46. The maximum absolute atomic E-state index is 11.6. The first-order valence-electron chi connectivity index (χ1n) is 6.17. The van der Waals surface area contributed by atoms with Crippen molar-refractivity contribution in [2.45, 2.75) is 32.6 Å². The van der Waals surface area contributed by atoms with Gasteiger partial charge in [0.05, 0.1) is 5.41 Å². The van der Waals surface area contributed by atoms with Gasteiger partial charge >= 0.3 is 5.97 Å². The largest absolute Gasteiger partial charge is 0.481 e. The molecule has 0 aromatic carbocycles. The van der Waals surface area contributed by atoms with Crippen molar-refractivity contribution >= 4 is 38.4 Å². The predicted molar refractivity (Wildman–Crippen MR) is 76.2 cm³/mol. The van der Waals surface area contributed by atoms with E-state index in [4.69, 9.17) is 0 Å². The highest BCUT2D eigenvalue weighted by atomic mass is 79.9. The topological polar surface area (TPSA) is 53.4 Å². The van der Waals surface area contributed by atoms with Gasteiger partial charge in [0, 0.05) is 18.5 Å². The van der Waals surface area contributed by atoms with Crippen LogP contribution in [0.4, 0.5) is 5.13 Å². The third-order valence-electron chi connectivity index (χ3n) is 3.49. The molecule has 1 fully saturated rings. The van der Waals surface area contributed by atoms with E-state index in [-0.39, 0.29) is 0 Å². The van der Waals surface area contributed by atoms with Crippen LogP contribution in [0.15, 0.2) is 9.98 Å². The number of thiazole rings is 1. The number of hydrogen-bond donors (Lipinski definition) is 1.